The number of allylic oxidation sites excluding steroid dienone is 6. The van der Waals surface area contributed by atoms with Crippen molar-refractivity contribution in [3.63, 3.8) is 0 Å². The van der Waals surface area contributed by atoms with Gasteiger partial charge in [0.15, 0.2) is 6.10 Å². The van der Waals surface area contributed by atoms with Crippen LogP contribution in [0.1, 0.15) is 168 Å². The molecule has 0 aromatic rings. The van der Waals surface area contributed by atoms with Crippen LogP contribution in [0.3, 0.4) is 0 Å². The molecule has 11 heteroatoms. The molecule has 298 valence electrons. The number of carbonyl (C=O) groups is 2. The first kappa shape index (κ1) is 49.2. The van der Waals surface area contributed by atoms with Crippen LogP contribution in [0.15, 0.2) is 36.5 Å². The van der Waals surface area contributed by atoms with Crippen LogP contribution in [0.5, 0.6) is 0 Å². The molecule has 0 fully saturated rings. The molecule has 0 aromatic carbocycles. The SMILES string of the molecule is CCCCC/C=C\C/C=C\CCCCCCCC(=O)O[C@H](COC(=O)CCCCCCC/C=C\CCCCCC)COP(=O)(O)OC[C@@H](O)CO. The van der Waals surface area contributed by atoms with Gasteiger partial charge in [-0.2, -0.15) is 0 Å². The molecule has 0 amide bonds. The van der Waals surface area contributed by atoms with Crippen LogP contribution in [0.2, 0.25) is 0 Å². The number of hydrogen-bond acceptors (Lipinski definition) is 9. The van der Waals surface area contributed by atoms with Gasteiger partial charge in [-0.05, 0) is 70.6 Å². The Bertz CT molecular complexity index is 952. The number of ether oxygens (including phenoxy) is 2. The van der Waals surface area contributed by atoms with Crippen molar-refractivity contribution in [1.82, 2.24) is 0 Å². The van der Waals surface area contributed by atoms with E-state index in [4.69, 9.17) is 19.1 Å². The zero-order valence-corrected chi connectivity index (χ0v) is 33.0. The van der Waals surface area contributed by atoms with E-state index in [2.05, 4.69) is 54.8 Å². The van der Waals surface area contributed by atoms with E-state index in [1.807, 2.05) is 0 Å². The zero-order chi connectivity index (χ0) is 37.7. The maximum atomic E-state index is 12.6. The summed E-state index contributed by atoms with van der Waals surface area (Å²) in [6.45, 7) is 2.30. The molecule has 0 saturated carbocycles. The van der Waals surface area contributed by atoms with Gasteiger partial charge in [-0.25, -0.2) is 4.57 Å². The van der Waals surface area contributed by atoms with Crippen molar-refractivity contribution in [2.75, 3.05) is 26.4 Å². The number of unbranched alkanes of at least 4 members (excludes halogenated alkanes) is 17. The second kappa shape index (κ2) is 36.5. The molecule has 0 spiro atoms. The fourth-order valence-electron chi connectivity index (χ4n) is 5.13. The van der Waals surface area contributed by atoms with E-state index >= 15 is 0 Å². The van der Waals surface area contributed by atoms with Gasteiger partial charge in [0.2, 0.25) is 0 Å². The summed E-state index contributed by atoms with van der Waals surface area (Å²) in [6.07, 6.45) is 35.4. The van der Waals surface area contributed by atoms with Crippen LogP contribution in [0, 0.1) is 0 Å². The Balaban J connectivity index is 4.39. The molecule has 0 bridgehead atoms. The highest BCUT2D eigenvalue weighted by Gasteiger charge is 2.27. The Kier molecular flexibility index (Phi) is 35.2. The summed E-state index contributed by atoms with van der Waals surface area (Å²) in [7, 11) is -4.62. The maximum absolute atomic E-state index is 12.6. The van der Waals surface area contributed by atoms with Gasteiger partial charge >= 0.3 is 19.8 Å². The molecular formula is C40H73O10P. The largest absolute Gasteiger partial charge is 0.472 e. The van der Waals surface area contributed by atoms with Gasteiger partial charge in [0, 0.05) is 12.8 Å². The van der Waals surface area contributed by atoms with Crippen molar-refractivity contribution < 1.29 is 47.8 Å². The van der Waals surface area contributed by atoms with E-state index < -0.39 is 51.8 Å². The zero-order valence-electron chi connectivity index (χ0n) is 32.1. The molecule has 1 unspecified atom stereocenters. The minimum Gasteiger partial charge on any atom is -0.462 e. The number of phosphoric acid groups is 1. The minimum absolute atomic E-state index is 0.166. The molecular weight excluding hydrogens is 671 g/mol. The molecule has 0 aromatic heterocycles. The van der Waals surface area contributed by atoms with E-state index in [-0.39, 0.29) is 19.4 Å². The third-order valence-corrected chi connectivity index (χ3v) is 9.22. The highest BCUT2D eigenvalue weighted by atomic mass is 31.2. The average Bonchev–Trinajstić information content (AvgIpc) is 3.12. The monoisotopic (exact) mass is 744 g/mol. The van der Waals surface area contributed by atoms with Crippen LogP contribution in [-0.2, 0) is 32.7 Å². The van der Waals surface area contributed by atoms with Crippen LogP contribution < -0.4 is 0 Å². The summed E-state index contributed by atoms with van der Waals surface area (Å²) in [5, 5.41) is 18.3. The van der Waals surface area contributed by atoms with Crippen LogP contribution in [-0.4, -0.2) is 65.7 Å². The van der Waals surface area contributed by atoms with Gasteiger partial charge in [0.25, 0.3) is 0 Å². The first-order valence-electron chi connectivity index (χ1n) is 19.9. The quantitative estimate of drug-likeness (QED) is 0.0243. The number of esters is 2. The van der Waals surface area contributed by atoms with Gasteiger partial charge in [-0.15, -0.1) is 0 Å². The van der Waals surface area contributed by atoms with Gasteiger partial charge in [0.1, 0.15) is 12.7 Å². The van der Waals surface area contributed by atoms with E-state index in [9.17, 15) is 24.2 Å². The Morgan fingerprint density at radius 3 is 1.57 bits per heavy atom. The van der Waals surface area contributed by atoms with Gasteiger partial charge in [-0.1, -0.05) is 121 Å². The molecule has 0 saturated heterocycles. The van der Waals surface area contributed by atoms with E-state index in [1.54, 1.807) is 0 Å². The number of aliphatic hydroxyl groups is 2. The van der Waals surface area contributed by atoms with Gasteiger partial charge < -0.3 is 24.6 Å². The Labute approximate surface area is 310 Å². The van der Waals surface area contributed by atoms with E-state index in [1.165, 1.54) is 44.9 Å². The molecule has 0 heterocycles. The molecule has 0 aliphatic carbocycles. The smallest absolute Gasteiger partial charge is 0.462 e. The number of carbonyl (C=O) groups excluding carboxylic acids is 2. The second-order valence-corrected chi connectivity index (χ2v) is 14.8. The highest BCUT2D eigenvalue weighted by Crippen LogP contribution is 2.43. The summed E-state index contributed by atoms with van der Waals surface area (Å²) in [5.74, 6) is -0.952. The molecule has 3 N–H and O–H groups in total. The summed E-state index contributed by atoms with van der Waals surface area (Å²) in [5.41, 5.74) is 0. The molecule has 0 aliphatic rings. The standard InChI is InChI=1S/C40H73O10P/c1-3-5-7-9-11-13-15-17-18-20-22-24-26-28-30-32-40(44)50-38(36-49-51(45,46)48-34-37(42)33-41)35-47-39(43)31-29-27-25-23-21-19-16-14-12-10-8-6-4-2/h11,13-14,16-18,37-38,41-42H,3-10,12,15,19-36H2,1-2H3,(H,45,46)/b13-11-,16-14-,18-17-/t37-,38+/m0/s1. The molecule has 0 radical (unpaired) electrons. The van der Waals surface area contributed by atoms with Crippen molar-refractivity contribution in [3.8, 4) is 0 Å². The minimum atomic E-state index is -4.62. The summed E-state index contributed by atoms with van der Waals surface area (Å²) in [4.78, 5) is 34.9. The lowest BCUT2D eigenvalue weighted by Crippen LogP contribution is -2.29. The lowest BCUT2D eigenvalue weighted by atomic mass is 10.1. The summed E-state index contributed by atoms with van der Waals surface area (Å²) >= 11 is 0. The molecule has 10 nitrogen and oxygen atoms in total. The van der Waals surface area contributed by atoms with Crippen molar-refractivity contribution in [3.05, 3.63) is 36.5 Å². The third kappa shape index (κ3) is 36.3. The highest BCUT2D eigenvalue weighted by molar-refractivity contribution is 7.47. The second-order valence-electron chi connectivity index (χ2n) is 13.3. The Hall–Kier alpha value is -1.81. The average molecular weight is 745 g/mol. The van der Waals surface area contributed by atoms with Crippen LogP contribution in [0.25, 0.3) is 0 Å². The third-order valence-electron chi connectivity index (χ3n) is 8.27. The van der Waals surface area contributed by atoms with Gasteiger partial charge in [0.05, 0.1) is 19.8 Å². The first-order valence-corrected chi connectivity index (χ1v) is 21.4. The Morgan fingerprint density at radius 1 is 0.588 bits per heavy atom. The van der Waals surface area contributed by atoms with Crippen LogP contribution in [0.4, 0.5) is 0 Å². The predicted octanol–water partition coefficient (Wildman–Crippen LogP) is 10.00. The van der Waals surface area contributed by atoms with Gasteiger partial charge in [-0.3, -0.25) is 18.6 Å². The lowest BCUT2D eigenvalue weighted by Gasteiger charge is -2.20. The maximum Gasteiger partial charge on any atom is 0.472 e. The summed E-state index contributed by atoms with van der Waals surface area (Å²) < 4.78 is 32.6. The molecule has 3 atom stereocenters. The fourth-order valence-corrected chi connectivity index (χ4v) is 5.92. The number of hydrogen-bond donors (Lipinski definition) is 3. The summed E-state index contributed by atoms with van der Waals surface area (Å²) in [6, 6.07) is 0. The van der Waals surface area contributed by atoms with Crippen molar-refractivity contribution >= 4 is 19.8 Å². The predicted molar refractivity (Wildman–Crippen MR) is 205 cm³/mol. The Morgan fingerprint density at radius 2 is 1.02 bits per heavy atom. The molecule has 51 heavy (non-hydrogen) atoms. The fraction of sp³-hybridized carbons (Fsp3) is 0.800. The lowest BCUT2D eigenvalue weighted by molar-refractivity contribution is -0.161. The molecule has 0 aliphatic heterocycles. The number of aliphatic hydroxyl groups excluding tert-OH is 2. The first-order chi connectivity index (χ1) is 24.7. The number of phosphoric ester groups is 1. The van der Waals surface area contributed by atoms with Crippen molar-refractivity contribution in [2.24, 2.45) is 0 Å². The topological polar surface area (TPSA) is 149 Å². The van der Waals surface area contributed by atoms with Crippen molar-refractivity contribution in [2.45, 2.75) is 180 Å². The van der Waals surface area contributed by atoms with E-state index in [0.717, 1.165) is 83.5 Å². The van der Waals surface area contributed by atoms with Crippen molar-refractivity contribution in [1.29, 1.82) is 0 Å². The molecule has 0 rings (SSSR count). The van der Waals surface area contributed by atoms with Crippen LogP contribution >= 0.6 is 7.82 Å². The number of rotatable bonds is 37. The normalized spacial score (nSPS) is 14.4. The van der Waals surface area contributed by atoms with E-state index in [0.29, 0.717) is 12.8 Å².